The van der Waals surface area contributed by atoms with Gasteiger partial charge in [-0.2, -0.15) is 0 Å². The number of amides is 2. The van der Waals surface area contributed by atoms with Crippen molar-refractivity contribution in [1.29, 1.82) is 0 Å². The number of likely N-dealkylation sites (tertiary alicyclic amines) is 1. The summed E-state index contributed by atoms with van der Waals surface area (Å²) in [5.41, 5.74) is 3.66. The van der Waals surface area contributed by atoms with Gasteiger partial charge in [-0.3, -0.25) is 10.0 Å². The Morgan fingerprint density at radius 2 is 1.85 bits per heavy atom. The van der Waals surface area contributed by atoms with E-state index in [0.29, 0.717) is 13.1 Å². The first kappa shape index (κ1) is 18.3. The third kappa shape index (κ3) is 3.99. The van der Waals surface area contributed by atoms with Crippen LogP contribution >= 0.6 is 0 Å². The summed E-state index contributed by atoms with van der Waals surface area (Å²) in [4.78, 5) is 26.4. The van der Waals surface area contributed by atoms with E-state index >= 15 is 0 Å². The van der Waals surface area contributed by atoms with Gasteiger partial charge in [0.1, 0.15) is 0 Å². The second-order valence-corrected chi connectivity index (χ2v) is 7.16. The zero-order valence-electron chi connectivity index (χ0n) is 14.7. The van der Waals surface area contributed by atoms with Gasteiger partial charge in [0.2, 0.25) is 0 Å². The SMILES string of the molecule is O=C(C=Cc1ccccc1N1CCC2(CCCN(C(=O)O)C2)CC1)NO. The van der Waals surface area contributed by atoms with Crippen molar-refractivity contribution in [2.24, 2.45) is 5.41 Å². The van der Waals surface area contributed by atoms with Crippen LogP contribution < -0.4 is 10.4 Å². The van der Waals surface area contributed by atoms with Crippen LogP contribution in [0.1, 0.15) is 31.2 Å². The summed E-state index contributed by atoms with van der Waals surface area (Å²) >= 11 is 0. The van der Waals surface area contributed by atoms with Gasteiger partial charge in [-0.1, -0.05) is 18.2 Å². The molecule has 0 atom stereocenters. The van der Waals surface area contributed by atoms with Crippen LogP contribution in [0.15, 0.2) is 30.3 Å². The van der Waals surface area contributed by atoms with E-state index in [4.69, 9.17) is 5.21 Å². The van der Waals surface area contributed by atoms with Crippen LogP contribution in [0.2, 0.25) is 0 Å². The van der Waals surface area contributed by atoms with Gasteiger partial charge < -0.3 is 14.9 Å². The van der Waals surface area contributed by atoms with Crippen LogP contribution in [0.4, 0.5) is 10.5 Å². The Balaban J connectivity index is 1.70. The number of piperidine rings is 2. The number of carbonyl (C=O) groups excluding carboxylic acids is 1. The third-order valence-electron chi connectivity index (χ3n) is 5.56. The molecule has 26 heavy (non-hydrogen) atoms. The summed E-state index contributed by atoms with van der Waals surface area (Å²) in [6, 6.07) is 7.85. The lowest BCUT2D eigenvalue weighted by molar-refractivity contribution is -0.124. The van der Waals surface area contributed by atoms with Crippen molar-refractivity contribution >= 4 is 23.8 Å². The van der Waals surface area contributed by atoms with E-state index in [-0.39, 0.29) is 5.41 Å². The van der Waals surface area contributed by atoms with E-state index in [1.807, 2.05) is 24.3 Å². The minimum absolute atomic E-state index is 0.0920. The third-order valence-corrected chi connectivity index (χ3v) is 5.56. The molecule has 140 valence electrons. The lowest BCUT2D eigenvalue weighted by atomic mass is 9.72. The molecule has 0 aromatic heterocycles. The molecule has 2 heterocycles. The molecular formula is C19H25N3O4. The number of anilines is 1. The van der Waals surface area contributed by atoms with Gasteiger partial charge in [0.15, 0.2) is 0 Å². The van der Waals surface area contributed by atoms with Crippen LogP contribution in [0.25, 0.3) is 6.08 Å². The van der Waals surface area contributed by atoms with Gasteiger partial charge in [0, 0.05) is 37.9 Å². The number of hydrogen-bond donors (Lipinski definition) is 3. The van der Waals surface area contributed by atoms with Crippen LogP contribution in [-0.4, -0.2) is 53.4 Å². The highest BCUT2D eigenvalue weighted by Gasteiger charge is 2.39. The predicted octanol–water partition coefficient (Wildman–Crippen LogP) is 2.57. The van der Waals surface area contributed by atoms with E-state index in [1.165, 1.54) is 6.08 Å². The molecule has 1 aromatic rings. The quantitative estimate of drug-likeness (QED) is 0.438. The molecule has 1 spiro atoms. The second kappa shape index (κ2) is 7.78. The average Bonchev–Trinajstić information content (AvgIpc) is 2.67. The Hall–Kier alpha value is -2.54. The van der Waals surface area contributed by atoms with Crippen LogP contribution in [-0.2, 0) is 4.79 Å². The topological polar surface area (TPSA) is 93.1 Å². The summed E-state index contributed by atoms with van der Waals surface area (Å²) < 4.78 is 0. The maximum Gasteiger partial charge on any atom is 0.407 e. The fraction of sp³-hybridized carbons (Fsp3) is 0.474. The molecule has 2 aliphatic rings. The van der Waals surface area contributed by atoms with E-state index in [1.54, 1.807) is 16.5 Å². The number of carbonyl (C=O) groups is 2. The average molecular weight is 359 g/mol. The van der Waals surface area contributed by atoms with Gasteiger partial charge >= 0.3 is 6.09 Å². The molecular weight excluding hydrogens is 334 g/mol. The summed E-state index contributed by atoms with van der Waals surface area (Å²) in [7, 11) is 0. The van der Waals surface area contributed by atoms with E-state index in [2.05, 4.69) is 4.90 Å². The Bertz CT molecular complexity index is 696. The molecule has 0 radical (unpaired) electrons. The Labute approximate surface area is 152 Å². The lowest BCUT2D eigenvalue weighted by Gasteiger charge is -2.47. The molecule has 7 nitrogen and oxygen atoms in total. The lowest BCUT2D eigenvalue weighted by Crippen LogP contribution is -2.51. The molecule has 2 saturated heterocycles. The molecule has 3 rings (SSSR count). The standard InChI is InChI=1S/C19H25N3O4/c23-17(20-26)7-6-15-4-1-2-5-16(15)21-12-9-19(10-13-21)8-3-11-22(14-19)18(24)25/h1-2,4-7,26H,3,8-14H2,(H,20,23)(H,24,25). The van der Waals surface area contributed by atoms with E-state index < -0.39 is 12.0 Å². The highest BCUT2D eigenvalue weighted by Crippen LogP contribution is 2.41. The predicted molar refractivity (Wildman–Crippen MR) is 98.1 cm³/mol. The summed E-state index contributed by atoms with van der Waals surface area (Å²) in [5.74, 6) is -0.562. The number of nitrogens with one attached hydrogen (secondary N) is 1. The highest BCUT2D eigenvalue weighted by molar-refractivity contribution is 5.91. The fourth-order valence-electron chi connectivity index (χ4n) is 4.12. The number of hydrogen-bond acceptors (Lipinski definition) is 4. The zero-order chi connectivity index (χ0) is 18.6. The largest absolute Gasteiger partial charge is 0.465 e. The molecule has 0 aliphatic carbocycles. The molecule has 2 amide bonds. The maximum absolute atomic E-state index is 11.3. The molecule has 2 aliphatic heterocycles. The van der Waals surface area contributed by atoms with Crippen LogP contribution in [0.5, 0.6) is 0 Å². The molecule has 0 unspecified atom stereocenters. The molecule has 0 saturated carbocycles. The Kier molecular flexibility index (Phi) is 5.46. The van der Waals surface area contributed by atoms with Crippen LogP contribution in [0.3, 0.4) is 0 Å². The first-order chi connectivity index (χ1) is 12.5. The normalized spacial score (nSPS) is 19.7. The first-order valence-electron chi connectivity index (χ1n) is 8.97. The van der Waals surface area contributed by atoms with Crippen molar-refractivity contribution in [3.63, 3.8) is 0 Å². The number of nitrogens with zero attached hydrogens (tertiary/aromatic N) is 2. The van der Waals surface area contributed by atoms with Crippen molar-refractivity contribution in [1.82, 2.24) is 10.4 Å². The molecule has 7 heteroatoms. The first-order valence-corrected chi connectivity index (χ1v) is 8.97. The number of benzene rings is 1. The molecule has 2 fully saturated rings. The van der Waals surface area contributed by atoms with E-state index in [9.17, 15) is 14.7 Å². The number of hydroxylamine groups is 1. The number of rotatable bonds is 3. The van der Waals surface area contributed by atoms with E-state index in [0.717, 1.165) is 50.0 Å². The minimum atomic E-state index is -0.816. The monoisotopic (exact) mass is 359 g/mol. The van der Waals surface area contributed by atoms with Crippen molar-refractivity contribution in [2.45, 2.75) is 25.7 Å². The Morgan fingerprint density at radius 1 is 1.12 bits per heavy atom. The van der Waals surface area contributed by atoms with Gasteiger partial charge in [-0.05, 0) is 48.8 Å². The number of carboxylic acid groups (broad SMARTS) is 1. The number of para-hydroxylation sites is 1. The minimum Gasteiger partial charge on any atom is -0.465 e. The maximum atomic E-state index is 11.3. The summed E-state index contributed by atoms with van der Waals surface area (Å²) in [6.07, 6.45) is 6.13. The van der Waals surface area contributed by atoms with Crippen LogP contribution in [0, 0.1) is 5.41 Å². The fourth-order valence-corrected chi connectivity index (χ4v) is 4.12. The molecule has 1 aromatic carbocycles. The van der Waals surface area contributed by atoms with Gasteiger partial charge in [-0.15, -0.1) is 0 Å². The van der Waals surface area contributed by atoms with Crippen molar-refractivity contribution in [3.05, 3.63) is 35.9 Å². The van der Waals surface area contributed by atoms with Crippen molar-refractivity contribution < 1.29 is 19.9 Å². The second-order valence-electron chi connectivity index (χ2n) is 7.16. The van der Waals surface area contributed by atoms with Crippen molar-refractivity contribution in [2.75, 3.05) is 31.1 Å². The summed E-state index contributed by atoms with van der Waals surface area (Å²) in [6.45, 7) is 3.00. The molecule has 3 N–H and O–H groups in total. The Morgan fingerprint density at radius 3 is 2.54 bits per heavy atom. The van der Waals surface area contributed by atoms with Gasteiger partial charge in [0.05, 0.1) is 0 Å². The van der Waals surface area contributed by atoms with Crippen molar-refractivity contribution in [3.8, 4) is 0 Å². The summed E-state index contributed by atoms with van der Waals surface area (Å²) in [5, 5.41) is 17.9. The zero-order valence-corrected chi connectivity index (χ0v) is 14.7. The molecule has 0 bridgehead atoms. The highest BCUT2D eigenvalue weighted by atomic mass is 16.5. The van der Waals surface area contributed by atoms with Gasteiger partial charge in [-0.25, -0.2) is 10.3 Å². The smallest absolute Gasteiger partial charge is 0.407 e. The van der Waals surface area contributed by atoms with Gasteiger partial charge in [0.25, 0.3) is 5.91 Å².